The Hall–Kier alpha value is -1.20. The summed E-state index contributed by atoms with van der Waals surface area (Å²) in [5.74, 6) is -0.495. The molecule has 1 aromatic carbocycles. The molecular formula is C12H16NO3S. The Bertz CT molecular complexity index is 491. The molecule has 0 aromatic heterocycles. The number of carbonyl (C=O) groups excluding carboxylic acids is 1. The molecule has 1 atom stereocenters. The molecule has 0 heterocycles. The molecule has 0 aliphatic heterocycles. The van der Waals surface area contributed by atoms with Crippen LogP contribution in [0.2, 0.25) is 0 Å². The van der Waals surface area contributed by atoms with Crippen molar-refractivity contribution in [1.82, 2.24) is 5.14 Å². The number of benzene rings is 1. The maximum atomic E-state index is 11.9. The average molecular weight is 254 g/mol. The fourth-order valence-corrected chi connectivity index (χ4v) is 2.49. The zero-order valence-electron chi connectivity index (χ0n) is 9.93. The number of nitrogens with one attached hydrogen (secondary N) is 1. The van der Waals surface area contributed by atoms with E-state index in [9.17, 15) is 13.2 Å². The highest BCUT2D eigenvalue weighted by molar-refractivity contribution is 7.90. The third kappa shape index (κ3) is 3.38. The highest BCUT2D eigenvalue weighted by atomic mass is 32.2. The number of hydrogen-bond donors (Lipinski definition) is 0. The largest absolute Gasteiger partial charge is 0.293 e. The summed E-state index contributed by atoms with van der Waals surface area (Å²) in [5.41, 5.74) is 1.44. The molecule has 1 radical (unpaired) electrons. The fourth-order valence-electron chi connectivity index (χ4n) is 1.64. The molecule has 1 N–H and O–H groups in total. The third-order valence-electron chi connectivity index (χ3n) is 2.68. The van der Waals surface area contributed by atoms with Gasteiger partial charge in [0.05, 0.1) is 0 Å². The van der Waals surface area contributed by atoms with Crippen LogP contribution >= 0.6 is 0 Å². The minimum absolute atomic E-state index is 0.125. The normalized spacial score (nSPS) is 13.4. The predicted octanol–water partition coefficient (Wildman–Crippen LogP) is 1.82. The van der Waals surface area contributed by atoms with Gasteiger partial charge in [-0.05, 0) is 18.4 Å². The van der Waals surface area contributed by atoms with E-state index in [1.165, 1.54) is 0 Å². The van der Waals surface area contributed by atoms with Gasteiger partial charge in [0, 0.05) is 5.56 Å². The number of sulfonamides is 1. The van der Waals surface area contributed by atoms with Crippen LogP contribution in [0, 0.1) is 0 Å². The van der Waals surface area contributed by atoms with Crippen molar-refractivity contribution >= 4 is 15.8 Å². The summed E-state index contributed by atoms with van der Waals surface area (Å²) < 4.78 is 22.3. The number of aryl methyl sites for hydroxylation is 1. The van der Waals surface area contributed by atoms with Crippen molar-refractivity contribution in [2.45, 2.75) is 31.9 Å². The first-order chi connectivity index (χ1) is 7.90. The number of Topliss-reactive ketones (excluding diaryl/α,β-unsaturated/α-hetero) is 1. The van der Waals surface area contributed by atoms with Gasteiger partial charge in [0.2, 0.25) is 10.0 Å². The molecule has 1 rings (SSSR count). The summed E-state index contributed by atoms with van der Waals surface area (Å²) >= 11 is 0. The fraction of sp³-hybridized carbons (Fsp3) is 0.417. The first-order valence-corrected chi connectivity index (χ1v) is 7.06. The Labute approximate surface area is 102 Å². The molecule has 0 saturated heterocycles. The van der Waals surface area contributed by atoms with E-state index in [0.717, 1.165) is 12.0 Å². The van der Waals surface area contributed by atoms with E-state index in [0.29, 0.717) is 5.56 Å². The van der Waals surface area contributed by atoms with Crippen LogP contribution in [0.5, 0.6) is 0 Å². The smallest absolute Gasteiger partial charge is 0.235 e. The van der Waals surface area contributed by atoms with Crippen LogP contribution < -0.4 is 5.14 Å². The average Bonchev–Trinajstić information content (AvgIpc) is 2.28. The summed E-state index contributed by atoms with van der Waals surface area (Å²) in [6.45, 7) is 3.59. The number of hydrogen-bond acceptors (Lipinski definition) is 3. The summed E-state index contributed by atoms with van der Waals surface area (Å²) in [6.07, 6.45) is 0.989. The second-order valence-electron chi connectivity index (χ2n) is 3.86. The summed E-state index contributed by atoms with van der Waals surface area (Å²) in [6, 6.07) is 6.84. The van der Waals surface area contributed by atoms with Gasteiger partial charge in [-0.25, -0.2) is 8.42 Å². The molecule has 0 saturated carbocycles. The number of ketones is 1. The van der Waals surface area contributed by atoms with Crippen LogP contribution in [0.1, 0.15) is 36.2 Å². The maximum Gasteiger partial charge on any atom is 0.235 e. The minimum atomic E-state index is -4.08. The Balaban J connectivity index is 3.02. The second-order valence-corrected chi connectivity index (χ2v) is 5.52. The van der Waals surface area contributed by atoms with E-state index in [1.54, 1.807) is 31.2 Å². The topological polar surface area (TPSA) is 75.0 Å². The van der Waals surface area contributed by atoms with Gasteiger partial charge < -0.3 is 0 Å². The van der Waals surface area contributed by atoms with E-state index < -0.39 is 21.1 Å². The summed E-state index contributed by atoms with van der Waals surface area (Å²) in [7, 11) is -4.08. The number of carbonyl (C=O) groups is 1. The van der Waals surface area contributed by atoms with Gasteiger partial charge >= 0.3 is 0 Å². The molecular weight excluding hydrogens is 238 g/mol. The van der Waals surface area contributed by atoms with Crippen LogP contribution in [-0.4, -0.2) is 19.5 Å². The Morgan fingerprint density at radius 2 is 1.76 bits per heavy atom. The van der Waals surface area contributed by atoms with Crippen molar-refractivity contribution in [3.63, 3.8) is 0 Å². The quantitative estimate of drug-likeness (QED) is 0.752. The van der Waals surface area contributed by atoms with Crippen LogP contribution in [0.4, 0.5) is 0 Å². The lowest BCUT2D eigenvalue weighted by atomic mass is 10.0. The molecule has 1 aromatic rings. The van der Waals surface area contributed by atoms with Gasteiger partial charge in [-0.3, -0.25) is 4.79 Å². The SMILES string of the molecule is CCc1ccc(C(=O)C(CC)S([NH])(=O)=O)cc1. The van der Waals surface area contributed by atoms with E-state index in [2.05, 4.69) is 0 Å². The van der Waals surface area contributed by atoms with Crippen LogP contribution in [-0.2, 0) is 16.4 Å². The van der Waals surface area contributed by atoms with E-state index in [-0.39, 0.29) is 6.42 Å². The van der Waals surface area contributed by atoms with Crippen LogP contribution in [0.25, 0.3) is 0 Å². The van der Waals surface area contributed by atoms with E-state index in [4.69, 9.17) is 5.14 Å². The van der Waals surface area contributed by atoms with Gasteiger partial charge in [-0.2, -0.15) is 0 Å². The van der Waals surface area contributed by atoms with Gasteiger partial charge in [0.25, 0.3) is 0 Å². The molecule has 0 fully saturated rings. The zero-order valence-corrected chi connectivity index (χ0v) is 10.8. The third-order valence-corrected chi connectivity index (χ3v) is 3.98. The molecule has 0 aliphatic rings. The monoisotopic (exact) mass is 254 g/mol. The van der Waals surface area contributed by atoms with Crippen LogP contribution in [0.3, 0.4) is 0 Å². The second kappa shape index (κ2) is 5.42. The molecule has 5 heteroatoms. The van der Waals surface area contributed by atoms with Crippen molar-refractivity contribution in [3.8, 4) is 0 Å². The van der Waals surface area contributed by atoms with Crippen molar-refractivity contribution in [2.75, 3.05) is 0 Å². The predicted molar refractivity (Wildman–Crippen MR) is 66.2 cm³/mol. The van der Waals surface area contributed by atoms with Gasteiger partial charge in [0.15, 0.2) is 5.78 Å². The number of rotatable bonds is 5. The lowest BCUT2D eigenvalue weighted by Gasteiger charge is -2.10. The Morgan fingerprint density at radius 3 is 2.12 bits per heavy atom. The zero-order chi connectivity index (χ0) is 13.1. The lowest BCUT2D eigenvalue weighted by Crippen LogP contribution is -2.30. The van der Waals surface area contributed by atoms with Gasteiger partial charge in [-0.1, -0.05) is 38.1 Å². The Kier molecular flexibility index (Phi) is 4.42. The van der Waals surface area contributed by atoms with E-state index in [1.807, 2.05) is 6.92 Å². The molecule has 1 unspecified atom stereocenters. The first kappa shape index (κ1) is 13.9. The van der Waals surface area contributed by atoms with Gasteiger partial charge in [0.1, 0.15) is 5.25 Å². The summed E-state index contributed by atoms with van der Waals surface area (Å²) in [5, 5.41) is 5.74. The van der Waals surface area contributed by atoms with Crippen LogP contribution in [0.15, 0.2) is 24.3 Å². The minimum Gasteiger partial charge on any atom is -0.293 e. The van der Waals surface area contributed by atoms with Gasteiger partial charge in [-0.15, -0.1) is 5.14 Å². The van der Waals surface area contributed by atoms with Crippen molar-refractivity contribution in [3.05, 3.63) is 35.4 Å². The molecule has 0 amide bonds. The molecule has 4 nitrogen and oxygen atoms in total. The maximum absolute atomic E-state index is 11.9. The van der Waals surface area contributed by atoms with E-state index >= 15 is 0 Å². The Morgan fingerprint density at radius 1 is 1.24 bits per heavy atom. The molecule has 0 aliphatic carbocycles. The highest BCUT2D eigenvalue weighted by Crippen LogP contribution is 2.13. The van der Waals surface area contributed by atoms with Crippen molar-refractivity contribution in [1.29, 1.82) is 0 Å². The molecule has 0 bridgehead atoms. The highest BCUT2D eigenvalue weighted by Gasteiger charge is 2.29. The standard InChI is InChI=1S/C12H16NO3S/c1-3-9-5-7-10(8-6-9)12(14)11(4-2)17(13,15)16/h5-8,11,13H,3-4H2,1-2H3. The van der Waals surface area contributed by atoms with Crippen molar-refractivity contribution in [2.24, 2.45) is 0 Å². The lowest BCUT2D eigenvalue weighted by molar-refractivity contribution is 0.0985. The summed E-state index contributed by atoms with van der Waals surface area (Å²) in [4.78, 5) is 11.9. The first-order valence-electron chi connectivity index (χ1n) is 5.51. The molecule has 93 valence electrons. The molecule has 0 spiro atoms. The van der Waals surface area contributed by atoms with Crippen molar-refractivity contribution < 1.29 is 13.2 Å². The molecule has 17 heavy (non-hydrogen) atoms.